The van der Waals surface area contributed by atoms with Crippen LogP contribution in [0.25, 0.3) is 21.5 Å². The van der Waals surface area contributed by atoms with Crippen molar-refractivity contribution >= 4 is 21.5 Å². The summed E-state index contributed by atoms with van der Waals surface area (Å²) in [4.78, 5) is 9.29. The Balaban J connectivity index is 1.46. The molecule has 0 atom stereocenters. The van der Waals surface area contributed by atoms with Crippen molar-refractivity contribution in [2.24, 2.45) is 0 Å². The molecule has 3 aromatic carbocycles. The van der Waals surface area contributed by atoms with Crippen LogP contribution in [0, 0.1) is 0 Å². The molecule has 0 amide bonds. The fourth-order valence-electron chi connectivity index (χ4n) is 3.88. The zero-order chi connectivity index (χ0) is 18.8. The van der Waals surface area contributed by atoms with Crippen molar-refractivity contribution in [3.05, 3.63) is 120 Å². The van der Waals surface area contributed by atoms with Crippen molar-refractivity contribution < 1.29 is 0 Å². The Morgan fingerprint density at radius 1 is 0.500 bits per heavy atom. The highest BCUT2D eigenvalue weighted by Crippen LogP contribution is 2.22. The zero-order valence-corrected chi connectivity index (χ0v) is 15.5. The molecule has 0 unspecified atom stereocenters. The molecule has 5 rings (SSSR count). The summed E-state index contributed by atoms with van der Waals surface area (Å²) in [5, 5.41) is 4.93. The van der Waals surface area contributed by atoms with Crippen LogP contribution in [-0.4, -0.2) is 9.97 Å². The van der Waals surface area contributed by atoms with Gasteiger partial charge in [0, 0.05) is 36.0 Å². The quantitative estimate of drug-likeness (QED) is 0.395. The van der Waals surface area contributed by atoms with Crippen LogP contribution in [0.5, 0.6) is 0 Å². The van der Waals surface area contributed by atoms with Gasteiger partial charge in [-0.2, -0.15) is 0 Å². The number of aromatic nitrogens is 2. The van der Waals surface area contributed by atoms with E-state index in [1.165, 1.54) is 32.7 Å². The summed E-state index contributed by atoms with van der Waals surface area (Å²) in [6, 6.07) is 29.8. The Morgan fingerprint density at radius 2 is 1.00 bits per heavy atom. The third kappa shape index (κ3) is 3.25. The molecule has 0 radical (unpaired) electrons. The van der Waals surface area contributed by atoms with Crippen molar-refractivity contribution in [1.29, 1.82) is 0 Å². The Bertz CT molecular complexity index is 1170. The fraction of sp³-hybridized carbons (Fsp3) is 0.0769. The van der Waals surface area contributed by atoms with Gasteiger partial charge in [0.1, 0.15) is 0 Å². The summed E-state index contributed by atoms with van der Waals surface area (Å²) in [6.07, 6.45) is 5.47. The second-order valence-corrected chi connectivity index (χ2v) is 7.13. The van der Waals surface area contributed by atoms with Gasteiger partial charge in [-0.25, -0.2) is 0 Å². The first kappa shape index (κ1) is 16.6. The molecule has 0 bridgehead atoms. The number of nitrogens with zero attached hydrogens (tertiary/aromatic N) is 2. The fourth-order valence-corrected chi connectivity index (χ4v) is 3.88. The van der Waals surface area contributed by atoms with Crippen LogP contribution in [0.4, 0.5) is 0 Å². The lowest BCUT2D eigenvalue weighted by Gasteiger charge is -2.09. The Morgan fingerprint density at radius 3 is 1.54 bits per heavy atom. The summed E-state index contributed by atoms with van der Waals surface area (Å²) in [5.41, 5.74) is 4.81. The number of fused-ring (bicyclic) bond motifs is 2. The lowest BCUT2D eigenvalue weighted by Crippen LogP contribution is -1.97. The minimum Gasteiger partial charge on any atom is -0.260 e. The van der Waals surface area contributed by atoms with Gasteiger partial charge in [-0.05, 0) is 34.0 Å². The van der Waals surface area contributed by atoms with Gasteiger partial charge in [-0.1, -0.05) is 72.8 Å². The maximum atomic E-state index is 4.64. The SMILES string of the molecule is c1cc(Cc2nccc3ccccc23)cc(Cc2nccc3ccccc23)c1. The molecule has 2 nitrogen and oxygen atoms in total. The van der Waals surface area contributed by atoms with E-state index >= 15 is 0 Å². The maximum Gasteiger partial charge on any atom is 0.0525 e. The smallest absolute Gasteiger partial charge is 0.0525 e. The standard InChI is InChI=1S/C26H20N2/c1-3-10-23-21(8-1)12-14-27-25(23)17-19-6-5-7-20(16-19)18-26-24-11-4-2-9-22(24)13-15-28-26/h1-16H,17-18H2. The highest BCUT2D eigenvalue weighted by Gasteiger charge is 2.07. The van der Waals surface area contributed by atoms with Crippen molar-refractivity contribution in [3.8, 4) is 0 Å². The average molecular weight is 360 g/mol. The van der Waals surface area contributed by atoms with E-state index in [1.807, 2.05) is 12.4 Å². The van der Waals surface area contributed by atoms with Crippen molar-refractivity contribution in [2.45, 2.75) is 12.8 Å². The predicted molar refractivity (Wildman–Crippen MR) is 116 cm³/mol. The van der Waals surface area contributed by atoms with Crippen molar-refractivity contribution in [1.82, 2.24) is 9.97 Å². The molecule has 2 heterocycles. The van der Waals surface area contributed by atoms with Gasteiger partial charge in [0.2, 0.25) is 0 Å². The van der Waals surface area contributed by atoms with Crippen LogP contribution in [0.3, 0.4) is 0 Å². The van der Waals surface area contributed by atoms with E-state index in [9.17, 15) is 0 Å². The van der Waals surface area contributed by atoms with Crippen LogP contribution >= 0.6 is 0 Å². The van der Waals surface area contributed by atoms with Crippen LogP contribution in [0.2, 0.25) is 0 Å². The number of pyridine rings is 2. The lowest BCUT2D eigenvalue weighted by atomic mass is 9.99. The third-order valence-corrected chi connectivity index (χ3v) is 5.25. The summed E-state index contributed by atoms with van der Waals surface area (Å²) in [6.45, 7) is 0. The van der Waals surface area contributed by atoms with Gasteiger partial charge in [0.25, 0.3) is 0 Å². The van der Waals surface area contributed by atoms with Gasteiger partial charge in [0.15, 0.2) is 0 Å². The topological polar surface area (TPSA) is 25.8 Å². The van der Waals surface area contributed by atoms with E-state index < -0.39 is 0 Å². The number of rotatable bonds is 4. The molecule has 0 N–H and O–H groups in total. The molecule has 0 spiro atoms. The van der Waals surface area contributed by atoms with Gasteiger partial charge >= 0.3 is 0 Å². The second kappa shape index (κ2) is 7.24. The normalized spacial score (nSPS) is 11.1. The molecule has 0 saturated carbocycles. The van der Waals surface area contributed by atoms with Crippen molar-refractivity contribution in [2.75, 3.05) is 0 Å². The van der Waals surface area contributed by atoms with E-state index in [0.717, 1.165) is 24.2 Å². The first-order valence-corrected chi connectivity index (χ1v) is 9.60. The van der Waals surface area contributed by atoms with Gasteiger partial charge in [-0.15, -0.1) is 0 Å². The summed E-state index contributed by atoms with van der Waals surface area (Å²) in [5.74, 6) is 0. The van der Waals surface area contributed by atoms with Gasteiger partial charge < -0.3 is 0 Å². The molecule has 0 aliphatic carbocycles. The molecule has 28 heavy (non-hydrogen) atoms. The third-order valence-electron chi connectivity index (χ3n) is 5.25. The van der Waals surface area contributed by atoms with Crippen LogP contribution in [-0.2, 0) is 12.8 Å². The maximum absolute atomic E-state index is 4.64. The van der Waals surface area contributed by atoms with Gasteiger partial charge in [0.05, 0.1) is 11.4 Å². The summed E-state index contributed by atoms with van der Waals surface area (Å²) in [7, 11) is 0. The summed E-state index contributed by atoms with van der Waals surface area (Å²) < 4.78 is 0. The van der Waals surface area contributed by atoms with Crippen LogP contribution in [0.1, 0.15) is 22.5 Å². The Hall–Kier alpha value is -3.52. The van der Waals surface area contributed by atoms with E-state index in [4.69, 9.17) is 0 Å². The van der Waals surface area contributed by atoms with Crippen LogP contribution < -0.4 is 0 Å². The van der Waals surface area contributed by atoms with Crippen molar-refractivity contribution in [3.63, 3.8) is 0 Å². The van der Waals surface area contributed by atoms with E-state index in [1.54, 1.807) is 0 Å². The highest BCUT2D eigenvalue weighted by atomic mass is 14.7. The van der Waals surface area contributed by atoms with Crippen LogP contribution in [0.15, 0.2) is 97.3 Å². The molecule has 0 fully saturated rings. The molecule has 5 aromatic rings. The minimum absolute atomic E-state index is 0.832. The molecule has 134 valence electrons. The molecular weight excluding hydrogens is 340 g/mol. The Kier molecular flexibility index (Phi) is 4.30. The first-order valence-electron chi connectivity index (χ1n) is 9.60. The Labute approximate surface area is 164 Å². The molecular formula is C26H20N2. The van der Waals surface area contributed by atoms with E-state index in [-0.39, 0.29) is 0 Å². The highest BCUT2D eigenvalue weighted by molar-refractivity contribution is 5.85. The van der Waals surface area contributed by atoms with E-state index in [2.05, 4.69) is 94.9 Å². The average Bonchev–Trinajstić information content (AvgIpc) is 2.75. The number of hydrogen-bond donors (Lipinski definition) is 0. The minimum atomic E-state index is 0.832. The lowest BCUT2D eigenvalue weighted by molar-refractivity contribution is 1.06. The largest absolute Gasteiger partial charge is 0.260 e. The molecule has 0 aliphatic heterocycles. The molecule has 0 aliphatic rings. The number of benzene rings is 3. The monoisotopic (exact) mass is 360 g/mol. The van der Waals surface area contributed by atoms with Gasteiger partial charge in [-0.3, -0.25) is 9.97 Å². The number of hydrogen-bond acceptors (Lipinski definition) is 2. The second-order valence-electron chi connectivity index (χ2n) is 7.13. The molecule has 2 aromatic heterocycles. The van der Waals surface area contributed by atoms with E-state index in [0.29, 0.717) is 0 Å². The zero-order valence-electron chi connectivity index (χ0n) is 15.5. The molecule has 0 saturated heterocycles. The summed E-state index contributed by atoms with van der Waals surface area (Å²) >= 11 is 0. The molecule has 2 heteroatoms. The predicted octanol–water partition coefficient (Wildman–Crippen LogP) is 5.96. The first-order chi connectivity index (χ1) is 13.9.